The van der Waals surface area contributed by atoms with Crippen LogP contribution in [0.1, 0.15) is 206 Å². The summed E-state index contributed by atoms with van der Waals surface area (Å²) in [7, 11) is 0. The number of allylic oxidation sites excluding steroid dienone is 6. The molecule has 0 aromatic rings. The molecule has 1 heterocycles. The zero-order valence-electron chi connectivity index (χ0n) is 38.6. The number of carbonyl (C=O) groups excluding carboxylic acids is 1. The number of ether oxygens (including phenoxy) is 2. The Morgan fingerprint density at radius 1 is 0.590 bits per heavy atom. The molecule has 1 amide bonds. The minimum absolute atomic E-state index is 0.253. The van der Waals surface area contributed by atoms with E-state index in [-0.39, 0.29) is 12.8 Å². The number of aliphatic hydroxyl groups excluding tert-OH is 7. The summed E-state index contributed by atoms with van der Waals surface area (Å²) in [4.78, 5) is 13.1. The van der Waals surface area contributed by atoms with Gasteiger partial charge >= 0.3 is 0 Å². The summed E-state index contributed by atoms with van der Waals surface area (Å²) in [5.74, 6) is -0.708. The molecule has 8 N–H and O–H groups in total. The van der Waals surface area contributed by atoms with E-state index >= 15 is 0 Å². The lowest BCUT2D eigenvalue weighted by atomic mass is 9.98. The fourth-order valence-electron chi connectivity index (χ4n) is 7.83. The van der Waals surface area contributed by atoms with Gasteiger partial charge < -0.3 is 50.5 Å². The summed E-state index contributed by atoms with van der Waals surface area (Å²) in [5.41, 5.74) is 0. The van der Waals surface area contributed by atoms with E-state index in [2.05, 4.69) is 55.6 Å². The molecule has 1 rings (SSSR count). The SMILES string of the molecule is CC/C=C\C/C=C\CCCCCCCCCCCCCCCC(O)C(=O)NC(COC1OC(CO)C(O)C(O)C1O)C(O)C(O)CCC/C=C/CCCCCCCCCCC. The summed E-state index contributed by atoms with van der Waals surface area (Å²) >= 11 is 0. The first-order valence-corrected chi connectivity index (χ1v) is 24.9. The molecule has 1 saturated heterocycles. The Kier molecular flexibility index (Phi) is 37.5. The quantitative estimate of drug-likeness (QED) is 0.0218. The van der Waals surface area contributed by atoms with Gasteiger partial charge in [0.1, 0.15) is 36.6 Å². The van der Waals surface area contributed by atoms with Crippen LogP contribution in [0.5, 0.6) is 0 Å². The third-order valence-electron chi connectivity index (χ3n) is 11.9. The molecule has 11 nitrogen and oxygen atoms in total. The van der Waals surface area contributed by atoms with Crippen molar-refractivity contribution in [2.24, 2.45) is 0 Å². The number of unbranched alkanes of at least 4 members (excludes halogenated alkanes) is 23. The van der Waals surface area contributed by atoms with Crippen LogP contribution < -0.4 is 5.32 Å². The van der Waals surface area contributed by atoms with Crippen LogP contribution >= 0.6 is 0 Å². The van der Waals surface area contributed by atoms with Crippen molar-refractivity contribution in [1.29, 1.82) is 0 Å². The Balaban J connectivity index is 2.40. The monoisotopic (exact) mass is 868 g/mol. The van der Waals surface area contributed by atoms with Gasteiger partial charge in [0.15, 0.2) is 6.29 Å². The third-order valence-corrected chi connectivity index (χ3v) is 11.9. The molecule has 9 atom stereocenters. The maximum absolute atomic E-state index is 13.1. The molecule has 0 aromatic carbocycles. The van der Waals surface area contributed by atoms with Crippen molar-refractivity contribution < 1.29 is 50.0 Å². The van der Waals surface area contributed by atoms with E-state index in [1.807, 2.05) is 0 Å². The zero-order valence-corrected chi connectivity index (χ0v) is 38.6. The first kappa shape index (κ1) is 57.3. The fourth-order valence-corrected chi connectivity index (χ4v) is 7.83. The van der Waals surface area contributed by atoms with Gasteiger partial charge in [-0.25, -0.2) is 0 Å². The topological polar surface area (TPSA) is 189 Å². The molecule has 0 saturated carbocycles. The van der Waals surface area contributed by atoms with Crippen molar-refractivity contribution >= 4 is 5.91 Å². The van der Waals surface area contributed by atoms with Gasteiger partial charge in [0.25, 0.3) is 0 Å². The van der Waals surface area contributed by atoms with Crippen LogP contribution in [0.15, 0.2) is 36.5 Å². The van der Waals surface area contributed by atoms with Crippen LogP contribution in [-0.2, 0) is 14.3 Å². The highest BCUT2D eigenvalue weighted by Gasteiger charge is 2.44. The molecule has 1 fully saturated rings. The van der Waals surface area contributed by atoms with Crippen LogP contribution in [0.2, 0.25) is 0 Å². The largest absolute Gasteiger partial charge is 0.394 e. The van der Waals surface area contributed by atoms with Gasteiger partial charge in [-0.05, 0) is 64.2 Å². The Morgan fingerprint density at radius 2 is 1.07 bits per heavy atom. The first-order valence-electron chi connectivity index (χ1n) is 24.9. The molecule has 358 valence electrons. The third kappa shape index (κ3) is 29.4. The molecule has 0 radical (unpaired) electrons. The summed E-state index contributed by atoms with van der Waals surface area (Å²) in [6.07, 6.45) is 34.8. The molecule has 0 aromatic heterocycles. The Labute approximate surface area is 371 Å². The van der Waals surface area contributed by atoms with Gasteiger partial charge in [0.2, 0.25) is 5.91 Å². The predicted octanol–water partition coefficient (Wildman–Crippen LogP) is 8.78. The minimum atomic E-state index is -1.67. The summed E-state index contributed by atoms with van der Waals surface area (Å²) < 4.78 is 11.1. The number of hydrogen-bond donors (Lipinski definition) is 8. The number of carbonyl (C=O) groups is 1. The summed E-state index contributed by atoms with van der Waals surface area (Å²) in [5, 5.41) is 75.8. The highest BCUT2D eigenvalue weighted by Crippen LogP contribution is 2.23. The molecular formula is C50H93NO10. The van der Waals surface area contributed by atoms with E-state index in [1.54, 1.807) is 0 Å². The molecule has 0 spiro atoms. The average Bonchev–Trinajstić information content (AvgIpc) is 3.26. The number of aliphatic hydroxyl groups is 7. The molecule has 0 bridgehead atoms. The highest BCUT2D eigenvalue weighted by molar-refractivity contribution is 5.80. The summed E-state index contributed by atoms with van der Waals surface area (Å²) in [6.45, 7) is 3.32. The fraction of sp³-hybridized carbons (Fsp3) is 0.860. The van der Waals surface area contributed by atoms with E-state index in [9.17, 15) is 40.5 Å². The van der Waals surface area contributed by atoms with E-state index in [0.717, 1.165) is 51.4 Å². The van der Waals surface area contributed by atoms with Gasteiger partial charge in [-0.2, -0.15) is 0 Å². The zero-order chi connectivity index (χ0) is 44.8. The predicted molar refractivity (Wildman–Crippen MR) is 247 cm³/mol. The maximum atomic E-state index is 13.1. The second-order valence-corrected chi connectivity index (χ2v) is 17.5. The number of amides is 1. The van der Waals surface area contributed by atoms with Crippen molar-refractivity contribution in [3.8, 4) is 0 Å². The normalized spacial score (nSPS) is 21.8. The van der Waals surface area contributed by atoms with Gasteiger partial charge in [-0.1, -0.05) is 179 Å². The smallest absolute Gasteiger partial charge is 0.249 e. The van der Waals surface area contributed by atoms with E-state index < -0.39 is 74.2 Å². The summed E-state index contributed by atoms with van der Waals surface area (Å²) in [6, 6.07) is -1.18. The lowest BCUT2D eigenvalue weighted by Gasteiger charge is -2.40. The van der Waals surface area contributed by atoms with Gasteiger partial charge in [0.05, 0.1) is 25.4 Å². The average molecular weight is 868 g/mol. The lowest BCUT2D eigenvalue weighted by Crippen LogP contribution is -2.60. The molecule has 9 unspecified atom stereocenters. The van der Waals surface area contributed by atoms with Crippen molar-refractivity contribution in [1.82, 2.24) is 5.32 Å². The lowest BCUT2D eigenvalue weighted by molar-refractivity contribution is -0.303. The van der Waals surface area contributed by atoms with Crippen LogP contribution in [0, 0.1) is 0 Å². The van der Waals surface area contributed by atoms with Crippen molar-refractivity contribution in [2.45, 2.75) is 262 Å². The molecule has 0 aliphatic carbocycles. The Hall–Kier alpha value is -1.67. The molecule has 11 heteroatoms. The number of nitrogens with one attached hydrogen (secondary N) is 1. The highest BCUT2D eigenvalue weighted by atomic mass is 16.7. The molecular weight excluding hydrogens is 775 g/mol. The van der Waals surface area contributed by atoms with E-state index in [1.165, 1.54) is 116 Å². The van der Waals surface area contributed by atoms with Gasteiger partial charge in [0, 0.05) is 0 Å². The van der Waals surface area contributed by atoms with Crippen LogP contribution in [-0.4, -0.2) is 110 Å². The van der Waals surface area contributed by atoms with Gasteiger partial charge in [-0.15, -0.1) is 0 Å². The molecule has 1 aliphatic rings. The maximum Gasteiger partial charge on any atom is 0.249 e. The Bertz CT molecular complexity index is 1090. The number of rotatable bonds is 41. The second kappa shape index (κ2) is 39.9. The van der Waals surface area contributed by atoms with Crippen LogP contribution in [0.4, 0.5) is 0 Å². The van der Waals surface area contributed by atoms with Crippen LogP contribution in [0.3, 0.4) is 0 Å². The number of hydrogen-bond acceptors (Lipinski definition) is 10. The van der Waals surface area contributed by atoms with Crippen LogP contribution in [0.25, 0.3) is 0 Å². The minimum Gasteiger partial charge on any atom is -0.394 e. The Morgan fingerprint density at radius 3 is 1.59 bits per heavy atom. The van der Waals surface area contributed by atoms with Gasteiger partial charge in [-0.3, -0.25) is 4.79 Å². The van der Waals surface area contributed by atoms with Crippen molar-refractivity contribution in [2.75, 3.05) is 13.2 Å². The van der Waals surface area contributed by atoms with E-state index in [4.69, 9.17) is 9.47 Å². The van der Waals surface area contributed by atoms with E-state index in [0.29, 0.717) is 12.8 Å². The standard InChI is InChI=1S/C50H93NO10/c1-3-5-7-9-11-13-15-17-19-20-21-22-23-24-26-28-30-32-34-36-38-43(54)49(59)51-41(40-60-50-48(58)47(57)46(56)44(39-52)61-50)45(55)42(53)37-35-33-31-29-27-25-18-16-14-12-10-8-6-4-2/h5,7,11,13,29,31,41-48,50,52-58H,3-4,6,8-10,12,14-28,30,32-40H2,1-2H3,(H,51,59)/b7-5-,13-11-,31-29+. The first-order chi connectivity index (χ1) is 29.7. The molecule has 61 heavy (non-hydrogen) atoms. The second-order valence-electron chi connectivity index (χ2n) is 17.5. The van der Waals surface area contributed by atoms with Crippen molar-refractivity contribution in [3.63, 3.8) is 0 Å². The molecule has 1 aliphatic heterocycles. The van der Waals surface area contributed by atoms with Crippen molar-refractivity contribution in [3.05, 3.63) is 36.5 Å².